The number of piperazine rings is 1. The van der Waals surface area contributed by atoms with Crippen LogP contribution in [0.25, 0.3) is 0 Å². The SMILES string of the molecule is COC1COCCC1N[C@@H]1CC[C@@]2(C1)C(=O)N1CCN(c3cc(C(F)(F)F)ncn3)CC1C2C. The van der Waals surface area contributed by atoms with E-state index in [4.69, 9.17) is 9.47 Å². The molecule has 8 nitrogen and oxygen atoms in total. The fourth-order valence-corrected chi connectivity index (χ4v) is 6.49. The molecule has 6 atom stereocenters. The second-order valence-electron chi connectivity index (χ2n) is 10.1. The minimum absolute atomic E-state index is 0.0105. The van der Waals surface area contributed by atoms with Gasteiger partial charge in [0, 0.05) is 51.5 Å². The van der Waals surface area contributed by atoms with Crippen molar-refractivity contribution in [3.8, 4) is 0 Å². The van der Waals surface area contributed by atoms with Gasteiger partial charge in [-0.25, -0.2) is 9.97 Å². The maximum Gasteiger partial charge on any atom is 0.433 e. The molecule has 1 N–H and O–H groups in total. The molecule has 3 saturated heterocycles. The molecule has 188 valence electrons. The zero-order chi connectivity index (χ0) is 24.1. The molecule has 4 aliphatic rings. The quantitative estimate of drug-likeness (QED) is 0.703. The van der Waals surface area contributed by atoms with Gasteiger partial charge in [0.25, 0.3) is 0 Å². The van der Waals surface area contributed by atoms with E-state index in [1.807, 2.05) is 9.80 Å². The number of alkyl halides is 3. The van der Waals surface area contributed by atoms with Gasteiger partial charge < -0.3 is 24.6 Å². The third kappa shape index (κ3) is 4.05. The number of nitrogens with one attached hydrogen (secondary N) is 1. The largest absolute Gasteiger partial charge is 0.433 e. The average Bonchev–Trinajstić information content (AvgIpc) is 3.35. The lowest BCUT2D eigenvalue weighted by atomic mass is 9.74. The van der Waals surface area contributed by atoms with Gasteiger partial charge in [0.2, 0.25) is 5.91 Å². The Kier molecular flexibility index (Phi) is 6.22. The third-order valence-corrected chi connectivity index (χ3v) is 8.43. The number of hydrogen-bond acceptors (Lipinski definition) is 7. The molecule has 0 aromatic carbocycles. The number of amides is 1. The van der Waals surface area contributed by atoms with E-state index in [2.05, 4.69) is 22.2 Å². The van der Waals surface area contributed by atoms with Gasteiger partial charge in [-0.05, 0) is 31.6 Å². The van der Waals surface area contributed by atoms with E-state index in [0.717, 1.165) is 38.1 Å². The normalized spacial score (nSPS) is 36.4. The fraction of sp³-hybridized carbons (Fsp3) is 0.783. The Labute approximate surface area is 197 Å². The van der Waals surface area contributed by atoms with Crippen LogP contribution in [-0.4, -0.2) is 85.0 Å². The molecule has 34 heavy (non-hydrogen) atoms. The van der Waals surface area contributed by atoms with Gasteiger partial charge in [-0.2, -0.15) is 13.2 Å². The lowest BCUT2D eigenvalue weighted by Gasteiger charge is -2.39. The molecule has 1 aromatic rings. The van der Waals surface area contributed by atoms with Gasteiger partial charge in [-0.15, -0.1) is 0 Å². The number of methoxy groups -OCH3 is 1. The summed E-state index contributed by atoms with van der Waals surface area (Å²) in [4.78, 5) is 24.9. The van der Waals surface area contributed by atoms with E-state index < -0.39 is 17.3 Å². The van der Waals surface area contributed by atoms with Crippen LogP contribution in [0.5, 0.6) is 0 Å². The molecule has 1 saturated carbocycles. The van der Waals surface area contributed by atoms with E-state index in [-0.39, 0.29) is 41.9 Å². The van der Waals surface area contributed by atoms with Crippen molar-refractivity contribution in [1.29, 1.82) is 0 Å². The highest BCUT2D eigenvalue weighted by Gasteiger charge is 2.60. The minimum atomic E-state index is -4.52. The Balaban J connectivity index is 1.29. The van der Waals surface area contributed by atoms with Crippen LogP contribution in [0, 0.1) is 11.3 Å². The van der Waals surface area contributed by atoms with Crippen molar-refractivity contribution in [3.63, 3.8) is 0 Å². The van der Waals surface area contributed by atoms with Crippen molar-refractivity contribution in [3.05, 3.63) is 18.1 Å². The van der Waals surface area contributed by atoms with Gasteiger partial charge in [-0.3, -0.25) is 4.79 Å². The van der Waals surface area contributed by atoms with Crippen molar-refractivity contribution in [2.75, 3.05) is 44.9 Å². The first-order valence-electron chi connectivity index (χ1n) is 12.0. The Hall–Kier alpha value is -1.98. The van der Waals surface area contributed by atoms with Gasteiger partial charge >= 0.3 is 6.18 Å². The number of rotatable bonds is 4. The average molecular weight is 484 g/mol. The van der Waals surface area contributed by atoms with Crippen LogP contribution in [0.3, 0.4) is 0 Å². The maximum absolute atomic E-state index is 13.6. The molecule has 0 bridgehead atoms. The van der Waals surface area contributed by atoms with E-state index in [9.17, 15) is 18.0 Å². The molecule has 0 radical (unpaired) electrons. The summed E-state index contributed by atoms with van der Waals surface area (Å²) in [5.74, 6) is 0.563. The van der Waals surface area contributed by atoms with Crippen molar-refractivity contribution >= 4 is 11.7 Å². The van der Waals surface area contributed by atoms with Gasteiger partial charge in [0.05, 0.1) is 24.2 Å². The van der Waals surface area contributed by atoms with Crippen LogP contribution >= 0.6 is 0 Å². The topological polar surface area (TPSA) is 79.8 Å². The van der Waals surface area contributed by atoms with Crippen LogP contribution in [0.1, 0.15) is 38.3 Å². The lowest BCUT2D eigenvalue weighted by Crippen LogP contribution is -2.53. The van der Waals surface area contributed by atoms with Crippen molar-refractivity contribution in [2.45, 2.75) is 63.0 Å². The monoisotopic (exact) mass is 483 g/mol. The second-order valence-corrected chi connectivity index (χ2v) is 10.1. The first-order chi connectivity index (χ1) is 16.2. The molecule has 1 aliphatic carbocycles. The maximum atomic E-state index is 13.6. The molecular formula is C23H32F3N5O3. The number of halogens is 3. The third-order valence-electron chi connectivity index (χ3n) is 8.43. The summed E-state index contributed by atoms with van der Waals surface area (Å²) in [6, 6.07) is 1.41. The van der Waals surface area contributed by atoms with Crippen LogP contribution in [0.2, 0.25) is 0 Å². The lowest BCUT2D eigenvalue weighted by molar-refractivity contribution is -0.141. The number of ether oxygens (including phenoxy) is 2. The number of carbonyl (C=O) groups excluding carboxylic acids is 1. The summed E-state index contributed by atoms with van der Waals surface area (Å²) in [5, 5.41) is 3.74. The minimum Gasteiger partial charge on any atom is -0.379 e. The molecule has 11 heteroatoms. The first kappa shape index (κ1) is 23.7. The summed E-state index contributed by atoms with van der Waals surface area (Å²) in [6.07, 6.45) is -0.131. The first-order valence-corrected chi connectivity index (χ1v) is 12.0. The summed E-state index contributed by atoms with van der Waals surface area (Å²) in [6.45, 7) is 4.83. The summed E-state index contributed by atoms with van der Waals surface area (Å²) in [7, 11) is 1.70. The van der Waals surface area contributed by atoms with Crippen LogP contribution < -0.4 is 10.2 Å². The number of fused-ring (bicyclic) bond motifs is 1. The molecule has 5 rings (SSSR count). The zero-order valence-electron chi connectivity index (χ0n) is 19.6. The number of carbonyl (C=O) groups is 1. The van der Waals surface area contributed by atoms with Crippen molar-refractivity contribution < 1.29 is 27.4 Å². The van der Waals surface area contributed by atoms with Gasteiger partial charge in [-0.1, -0.05) is 6.92 Å². The second kappa shape index (κ2) is 8.91. The van der Waals surface area contributed by atoms with Crippen LogP contribution in [-0.2, 0) is 20.4 Å². The van der Waals surface area contributed by atoms with E-state index >= 15 is 0 Å². The molecule has 4 fully saturated rings. The standard InChI is InChI=1S/C23H32F3N5O3/c1-14-17-11-30(20-9-19(23(24,25)26)27-13-28-20)6-7-31(17)21(32)22(14)5-3-15(10-22)29-16-4-8-34-12-18(16)33-2/h9,13-18,29H,3-8,10-12H2,1-2H3/t14?,15-,16?,17?,18?,22+/m1/s1. The fourth-order valence-electron chi connectivity index (χ4n) is 6.49. The smallest absolute Gasteiger partial charge is 0.379 e. The van der Waals surface area contributed by atoms with E-state index in [0.29, 0.717) is 32.8 Å². The summed E-state index contributed by atoms with van der Waals surface area (Å²) in [5.41, 5.74) is -1.37. The summed E-state index contributed by atoms with van der Waals surface area (Å²) < 4.78 is 50.5. The van der Waals surface area contributed by atoms with Crippen molar-refractivity contribution in [1.82, 2.24) is 20.2 Å². The number of nitrogens with zero attached hydrogens (tertiary/aromatic N) is 4. The van der Waals surface area contributed by atoms with Gasteiger partial charge in [0.1, 0.15) is 17.8 Å². The van der Waals surface area contributed by atoms with E-state index in [1.54, 1.807) is 7.11 Å². The van der Waals surface area contributed by atoms with Gasteiger partial charge in [0.15, 0.2) is 0 Å². The molecular weight excluding hydrogens is 451 g/mol. The van der Waals surface area contributed by atoms with E-state index in [1.165, 1.54) is 0 Å². The Bertz CT molecular complexity index is 918. The number of hydrogen-bond donors (Lipinski definition) is 1. The molecule has 4 heterocycles. The predicted molar refractivity (Wildman–Crippen MR) is 117 cm³/mol. The zero-order valence-corrected chi connectivity index (χ0v) is 19.6. The van der Waals surface area contributed by atoms with Crippen molar-refractivity contribution in [2.24, 2.45) is 11.3 Å². The highest BCUT2D eigenvalue weighted by atomic mass is 19.4. The van der Waals surface area contributed by atoms with Crippen LogP contribution in [0.4, 0.5) is 19.0 Å². The van der Waals surface area contributed by atoms with Crippen LogP contribution in [0.15, 0.2) is 12.4 Å². The molecule has 1 spiro atoms. The molecule has 3 aliphatic heterocycles. The highest BCUT2D eigenvalue weighted by molar-refractivity contribution is 5.87. The Morgan fingerprint density at radius 3 is 2.85 bits per heavy atom. The molecule has 4 unspecified atom stereocenters. The Morgan fingerprint density at radius 1 is 1.26 bits per heavy atom. The molecule has 1 aromatic heterocycles. The number of aromatic nitrogens is 2. The Morgan fingerprint density at radius 2 is 2.09 bits per heavy atom. The predicted octanol–water partition coefficient (Wildman–Crippen LogP) is 2.09. The molecule has 1 amide bonds. The highest BCUT2D eigenvalue weighted by Crippen LogP contribution is 2.53. The summed E-state index contributed by atoms with van der Waals surface area (Å²) >= 11 is 0. The number of anilines is 1.